The van der Waals surface area contributed by atoms with Crippen LogP contribution in [-0.4, -0.2) is 63.2 Å². The zero-order valence-electron chi connectivity index (χ0n) is 18.5. The third kappa shape index (κ3) is 6.94. The third-order valence-electron chi connectivity index (χ3n) is 4.68. The highest BCUT2D eigenvalue weighted by atomic mass is 32.2. The van der Waals surface area contributed by atoms with E-state index in [9.17, 15) is 18.0 Å². The molecule has 1 heterocycles. The number of nitrogens with one attached hydrogen (secondary N) is 2. The number of carbonyl (C=O) groups is 2. The summed E-state index contributed by atoms with van der Waals surface area (Å²) in [7, 11) is -3.71. The van der Waals surface area contributed by atoms with Gasteiger partial charge in [-0.15, -0.1) is 11.8 Å². The first kappa shape index (κ1) is 25.0. The number of benzene rings is 2. The summed E-state index contributed by atoms with van der Waals surface area (Å²) in [6.07, 6.45) is 0. The first-order valence-electron chi connectivity index (χ1n) is 10.4. The number of nitrogens with zero attached hydrogens (tertiary/aromatic N) is 1. The summed E-state index contributed by atoms with van der Waals surface area (Å²) in [5.41, 5.74) is 0.980. The van der Waals surface area contributed by atoms with Gasteiger partial charge >= 0.3 is 0 Å². The molecule has 1 aliphatic rings. The van der Waals surface area contributed by atoms with Gasteiger partial charge < -0.3 is 20.1 Å². The molecule has 11 heteroatoms. The molecular weight excluding hydrogens is 466 g/mol. The highest BCUT2D eigenvalue weighted by Gasteiger charge is 2.27. The van der Waals surface area contributed by atoms with Crippen LogP contribution in [-0.2, 0) is 24.3 Å². The number of morpholine rings is 1. The molecule has 0 atom stereocenters. The molecule has 0 aromatic heterocycles. The summed E-state index contributed by atoms with van der Waals surface area (Å²) >= 11 is 1.32. The molecule has 1 saturated heterocycles. The Labute approximate surface area is 197 Å². The van der Waals surface area contributed by atoms with E-state index in [1.54, 1.807) is 18.2 Å². The predicted octanol–water partition coefficient (Wildman–Crippen LogP) is 2.80. The Bertz CT molecular complexity index is 1080. The van der Waals surface area contributed by atoms with Crippen molar-refractivity contribution in [1.82, 2.24) is 4.31 Å². The highest BCUT2D eigenvalue weighted by Crippen LogP contribution is 2.30. The van der Waals surface area contributed by atoms with E-state index >= 15 is 0 Å². The number of thioether (sulfide) groups is 1. The maximum Gasteiger partial charge on any atom is 0.243 e. The van der Waals surface area contributed by atoms with Gasteiger partial charge in [-0.05, 0) is 49.4 Å². The summed E-state index contributed by atoms with van der Waals surface area (Å²) in [5.74, 6) is 0.0629. The molecule has 1 aliphatic heterocycles. The molecule has 0 saturated carbocycles. The fraction of sp³-hybridized carbons (Fsp3) is 0.364. The smallest absolute Gasteiger partial charge is 0.243 e. The van der Waals surface area contributed by atoms with Crippen LogP contribution in [0.5, 0.6) is 5.75 Å². The zero-order chi connectivity index (χ0) is 23.8. The van der Waals surface area contributed by atoms with Gasteiger partial charge in [-0.3, -0.25) is 9.59 Å². The Kier molecular flexibility index (Phi) is 8.73. The molecular formula is C22H27N3O6S2. The Hall–Kier alpha value is -2.60. The Balaban J connectivity index is 1.69. The van der Waals surface area contributed by atoms with Gasteiger partial charge in [-0.1, -0.05) is 0 Å². The molecule has 33 heavy (non-hydrogen) atoms. The minimum atomic E-state index is -3.71. The van der Waals surface area contributed by atoms with Crippen LogP contribution < -0.4 is 15.4 Å². The number of hydrogen-bond acceptors (Lipinski definition) is 7. The van der Waals surface area contributed by atoms with Crippen LogP contribution in [0, 0.1) is 0 Å². The quantitative estimate of drug-likeness (QED) is 0.516. The van der Waals surface area contributed by atoms with Crippen molar-refractivity contribution in [1.29, 1.82) is 0 Å². The van der Waals surface area contributed by atoms with E-state index in [0.717, 1.165) is 4.90 Å². The fourth-order valence-electron chi connectivity index (χ4n) is 3.16. The number of carbonyl (C=O) groups excluding carboxylic acids is 2. The molecule has 2 N–H and O–H groups in total. The third-order valence-corrected chi connectivity index (χ3v) is 7.58. The van der Waals surface area contributed by atoms with Crippen molar-refractivity contribution in [2.45, 2.75) is 23.6 Å². The Morgan fingerprint density at radius 1 is 1.09 bits per heavy atom. The predicted molar refractivity (Wildman–Crippen MR) is 127 cm³/mol. The van der Waals surface area contributed by atoms with Gasteiger partial charge in [-0.25, -0.2) is 8.42 Å². The van der Waals surface area contributed by atoms with Crippen LogP contribution in [0.15, 0.2) is 52.3 Å². The molecule has 0 unspecified atom stereocenters. The highest BCUT2D eigenvalue weighted by molar-refractivity contribution is 8.00. The molecule has 2 amide bonds. The first-order valence-corrected chi connectivity index (χ1v) is 12.9. The number of amides is 2. The molecule has 0 bridgehead atoms. The number of sulfonamides is 1. The lowest BCUT2D eigenvalue weighted by Gasteiger charge is -2.26. The van der Waals surface area contributed by atoms with E-state index in [-0.39, 0.29) is 35.6 Å². The molecule has 0 radical (unpaired) electrons. The van der Waals surface area contributed by atoms with Crippen LogP contribution in [0.25, 0.3) is 0 Å². The lowest BCUT2D eigenvalue weighted by Crippen LogP contribution is -2.40. The minimum absolute atomic E-state index is 0.0874. The molecule has 0 spiro atoms. The Morgan fingerprint density at radius 3 is 2.42 bits per heavy atom. The number of ether oxygens (including phenoxy) is 2. The topological polar surface area (TPSA) is 114 Å². The van der Waals surface area contributed by atoms with Crippen molar-refractivity contribution < 1.29 is 27.5 Å². The molecule has 2 aromatic carbocycles. The van der Waals surface area contributed by atoms with Crippen LogP contribution in [0.1, 0.15) is 13.8 Å². The average molecular weight is 494 g/mol. The van der Waals surface area contributed by atoms with Gasteiger partial charge in [0, 0.05) is 30.6 Å². The van der Waals surface area contributed by atoms with Crippen molar-refractivity contribution >= 4 is 45.0 Å². The van der Waals surface area contributed by atoms with E-state index < -0.39 is 10.0 Å². The zero-order valence-corrected chi connectivity index (χ0v) is 20.1. The molecule has 9 nitrogen and oxygen atoms in total. The minimum Gasteiger partial charge on any atom is -0.492 e. The second-order valence-corrected chi connectivity index (χ2v) is 10.1. The SMILES string of the molecule is CCOc1ccc(S(=O)(=O)N2CCOCC2)cc1NC(=O)CSc1ccc(NC(C)=O)cc1. The molecule has 178 valence electrons. The standard InChI is InChI=1S/C22H27N3O6S2/c1-3-31-21-9-8-19(33(28,29)25-10-12-30-13-11-25)14-20(21)24-22(27)15-32-18-6-4-17(5-7-18)23-16(2)26/h4-9,14H,3,10-13,15H2,1-2H3,(H,23,26)(H,24,27). The van der Waals surface area contributed by atoms with Gasteiger partial charge in [0.1, 0.15) is 5.75 Å². The van der Waals surface area contributed by atoms with Crippen LogP contribution in [0.4, 0.5) is 11.4 Å². The van der Waals surface area contributed by atoms with Gasteiger partial charge in [0.25, 0.3) is 0 Å². The molecule has 0 aliphatic carbocycles. The summed E-state index contributed by atoms with van der Waals surface area (Å²) in [6.45, 7) is 4.89. The second kappa shape index (κ2) is 11.5. The largest absolute Gasteiger partial charge is 0.492 e. The number of anilines is 2. The van der Waals surface area contributed by atoms with Crippen molar-refractivity contribution in [2.75, 3.05) is 49.3 Å². The van der Waals surface area contributed by atoms with E-state index in [2.05, 4.69) is 10.6 Å². The van der Waals surface area contributed by atoms with Gasteiger partial charge in [0.2, 0.25) is 21.8 Å². The van der Waals surface area contributed by atoms with Crippen molar-refractivity contribution in [3.8, 4) is 5.75 Å². The van der Waals surface area contributed by atoms with Crippen molar-refractivity contribution in [3.05, 3.63) is 42.5 Å². The van der Waals surface area contributed by atoms with E-state index in [4.69, 9.17) is 9.47 Å². The molecule has 3 rings (SSSR count). The Morgan fingerprint density at radius 2 is 1.79 bits per heavy atom. The van der Waals surface area contributed by atoms with E-state index in [0.29, 0.717) is 36.9 Å². The first-order chi connectivity index (χ1) is 15.8. The monoisotopic (exact) mass is 493 g/mol. The lowest BCUT2D eigenvalue weighted by molar-refractivity contribution is -0.114. The lowest BCUT2D eigenvalue weighted by atomic mass is 10.3. The molecule has 2 aromatic rings. The molecule has 1 fully saturated rings. The fourth-order valence-corrected chi connectivity index (χ4v) is 5.29. The maximum absolute atomic E-state index is 13.0. The van der Waals surface area contributed by atoms with Gasteiger partial charge in [0.15, 0.2) is 0 Å². The summed E-state index contributed by atoms with van der Waals surface area (Å²) in [5, 5.41) is 5.46. The van der Waals surface area contributed by atoms with Crippen LogP contribution >= 0.6 is 11.8 Å². The number of hydrogen-bond donors (Lipinski definition) is 2. The maximum atomic E-state index is 13.0. The number of rotatable bonds is 9. The van der Waals surface area contributed by atoms with E-state index in [1.807, 2.05) is 19.1 Å². The summed E-state index contributed by atoms with van der Waals surface area (Å²) in [6, 6.07) is 11.6. The van der Waals surface area contributed by atoms with Crippen LogP contribution in [0.2, 0.25) is 0 Å². The van der Waals surface area contributed by atoms with Crippen molar-refractivity contribution in [3.63, 3.8) is 0 Å². The van der Waals surface area contributed by atoms with Gasteiger partial charge in [0.05, 0.1) is 36.2 Å². The summed E-state index contributed by atoms with van der Waals surface area (Å²) < 4.78 is 38.2. The summed E-state index contributed by atoms with van der Waals surface area (Å²) in [4.78, 5) is 24.6. The second-order valence-electron chi connectivity index (χ2n) is 7.15. The van der Waals surface area contributed by atoms with Crippen LogP contribution in [0.3, 0.4) is 0 Å². The average Bonchev–Trinajstić information content (AvgIpc) is 2.80. The van der Waals surface area contributed by atoms with Crippen molar-refractivity contribution in [2.24, 2.45) is 0 Å². The normalized spacial score (nSPS) is 14.5. The van der Waals surface area contributed by atoms with E-state index in [1.165, 1.54) is 35.1 Å². The van der Waals surface area contributed by atoms with Gasteiger partial charge in [-0.2, -0.15) is 4.31 Å².